The molecule has 0 fully saturated rings. The number of rotatable bonds is 9. The van der Waals surface area contributed by atoms with E-state index in [1.165, 1.54) is 32.9 Å². The van der Waals surface area contributed by atoms with Crippen molar-refractivity contribution >= 4 is 17.1 Å². The van der Waals surface area contributed by atoms with Crippen molar-refractivity contribution in [2.45, 2.75) is 13.0 Å². The van der Waals surface area contributed by atoms with E-state index in [1.807, 2.05) is 18.4 Å². The zero-order chi connectivity index (χ0) is 26.7. The molecule has 1 amide bonds. The van der Waals surface area contributed by atoms with Crippen LogP contribution in [0.1, 0.15) is 16.8 Å². The predicted octanol–water partition coefficient (Wildman–Crippen LogP) is 0.993. The summed E-state index contributed by atoms with van der Waals surface area (Å²) in [6.45, 7) is 1.91. The van der Waals surface area contributed by atoms with Gasteiger partial charge >= 0.3 is 5.69 Å². The topological polar surface area (TPSA) is 122 Å². The molecule has 4 rings (SSSR count). The van der Waals surface area contributed by atoms with Gasteiger partial charge in [0.2, 0.25) is 5.75 Å². The molecule has 0 aliphatic carbocycles. The number of aromatic nitrogens is 4. The number of ether oxygens (including phenoxy) is 3. The fraction of sp³-hybridized carbons (Fsp3) is 0.360. The first-order chi connectivity index (χ1) is 17.8. The van der Waals surface area contributed by atoms with Crippen LogP contribution in [0.3, 0.4) is 0 Å². The van der Waals surface area contributed by atoms with Crippen LogP contribution in [0, 0.1) is 0 Å². The van der Waals surface area contributed by atoms with E-state index in [0.717, 1.165) is 11.0 Å². The second-order valence-electron chi connectivity index (χ2n) is 8.52. The van der Waals surface area contributed by atoms with E-state index in [0.29, 0.717) is 59.3 Å². The molecule has 3 heterocycles. The fourth-order valence-electron chi connectivity index (χ4n) is 4.26. The highest BCUT2D eigenvalue weighted by atomic mass is 16.5. The zero-order valence-corrected chi connectivity index (χ0v) is 21.5. The summed E-state index contributed by atoms with van der Waals surface area (Å²) in [4.78, 5) is 44.0. The van der Waals surface area contributed by atoms with Crippen molar-refractivity contribution in [3.8, 4) is 17.2 Å². The monoisotopic (exact) mass is 510 g/mol. The Morgan fingerprint density at radius 1 is 1.03 bits per heavy atom. The third-order valence-electron chi connectivity index (χ3n) is 6.21. The number of imidazole rings is 1. The number of amides is 1. The van der Waals surface area contributed by atoms with Gasteiger partial charge in [0.15, 0.2) is 22.7 Å². The molecule has 3 aromatic rings. The highest BCUT2D eigenvalue weighted by molar-refractivity contribution is 5.97. The number of hydrogen-bond acceptors (Lipinski definition) is 8. The molecule has 12 nitrogen and oxygen atoms in total. The molecule has 1 aromatic carbocycles. The van der Waals surface area contributed by atoms with E-state index < -0.39 is 5.69 Å². The Kier molecular flexibility index (Phi) is 7.37. The number of carbonyl (C=O) groups excluding carboxylic acids is 1. The van der Waals surface area contributed by atoms with Crippen molar-refractivity contribution in [2.24, 2.45) is 14.1 Å². The first kappa shape index (κ1) is 25.6. The third-order valence-corrected chi connectivity index (χ3v) is 6.21. The van der Waals surface area contributed by atoms with E-state index in [9.17, 15) is 14.4 Å². The van der Waals surface area contributed by atoms with Crippen molar-refractivity contribution < 1.29 is 19.0 Å². The highest BCUT2D eigenvalue weighted by Gasteiger charge is 2.18. The summed E-state index contributed by atoms with van der Waals surface area (Å²) in [5.74, 6) is 0.881. The molecule has 196 valence electrons. The average Bonchev–Trinajstić information content (AvgIpc) is 3.34. The predicted molar refractivity (Wildman–Crippen MR) is 137 cm³/mol. The van der Waals surface area contributed by atoms with Crippen molar-refractivity contribution in [1.82, 2.24) is 28.9 Å². The molecule has 37 heavy (non-hydrogen) atoms. The van der Waals surface area contributed by atoms with Crippen molar-refractivity contribution in [1.29, 1.82) is 0 Å². The summed E-state index contributed by atoms with van der Waals surface area (Å²) in [6.07, 6.45) is 7.99. The lowest BCUT2D eigenvalue weighted by atomic mass is 10.1. The van der Waals surface area contributed by atoms with Gasteiger partial charge in [0.1, 0.15) is 0 Å². The quantitative estimate of drug-likeness (QED) is 0.452. The Hall–Kier alpha value is -4.48. The molecular formula is C25H30N6O6. The Labute approximate surface area is 213 Å². The number of nitrogens with one attached hydrogen (secondary N) is 1. The molecule has 0 saturated carbocycles. The number of allylic oxidation sites excluding steroid dienone is 1. The van der Waals surface area contributed by atoms with Crippen molar-refractivity contribution in [3.63, 3.8) is 0 Å². The minimum atomic E-state index is -0.408. The van der Waals surface area contributed by atoms with Gasteiger partial charge in [0.25, 0.3) is 11.5 Å². The van der Waals surface area contributed by atoms with E-state index in [-0.39, 0.29) is 11.5 Å². The lowest BCUT2D eigenvalue weighted by Gasteiger charge is -2.23. The van der Waals surface area contributed by atoms with Crippen LogP contribution < -0.4 is 30.8 Å². The SMILES string of the molecule is COc1cc(C(=O)NC2=CN(CCCn3cnc4c3c(=O)n(C)c(=O)n4C)CC=C2)cc(OC)c1OC. The first-order valence-electron chi connectivity index (χ1n) is 11.6. The molecule has 0 spiro atoms. The van der Waals surface area contributed by atoms with Crippen LogP contribution in [0.25, 0.3) is 11.2 Å². The standard InChI is InChI=1S/C25H30N6O6/c1-28-22-20(24(33)29(2)25(28)34)31(15-26-22)11-7-10-30-9-6-8-17(14-30)27-23(32)16-12-18(35-3)21(37-5)19(13-16)36-4/h6,8,12-15H,7,9-11H2,1-5H3,(H,27,32). The third kappa shape index (κ3) is 4.95. The normalized spacial score (nSPS) is 13.0. The van der Waals surface area contributed by atoms with Gasteiger partial charge in [-0.2, -0.15) is 0 Å². The number of carbonyl (C=O) groups is 1. The molecule has 0 radical (unpaired) electrons. The smallest absolute Gasteiger partial charge is 0.332 e. The lowest BCUT2D eigenvalue weighted by Crippen LogP contribution is -2.37. The summed E-state index contributed by atoms with van der Waals surface area (Å²) < 4.78 is 20.2. The summed E-state index contributed by atoms with van der Waals surface area (Å²) in [7, 11) is 7.55. The van der Waals surface area contributed by atoms with Gasteiger partial charge in [-0.3, -0.25) is 18.7 Å². The maximum Gasteiger partial charge on any atom is 0.332 e. The minimum absolute atomic E-state index is 0.316. The average molecular weight is 511 g/mol. The Morgan fingerprint density at radius 2 is 1.73 bits per heavy atom. The lowest BCUT2D eigenvalue weighted by molar-refractivity contribution is 0.0965. The number of hydrogen-bond donors (Lipinski definition) is 1. The number of fused-ring (bicyclic) bond motifs is 1. The molecule has 1 aliphatic rings. The second kappa shape index (κ2) is 10.6. The number of aryl methyl sites for hydroxylation is 2. The van der Waals surface area contributed by atoms with Crippen LogP contribution in [0.4, 0.5) is 0 Å². The van der Waals surface area contributed by atoms with Crippen molar-refractivity contribution in [3.05, 3.63) is 68.9 Å². The molecule has 0 bridgehead atoms. The van der Waals surface area contributed by atoms with E-state index in [1.54, 1.807) is 30.1 Å². The van der Waals surface area contributed by atoms with Crippen LogP contribution in [-0.2, 0) is 20.6 Å². The highest BCUT2D eigenvalue weighted by Crippen LogP contribution is 2.38. The molecule has 1 aliphatic heterocycles. The van der Waals surface area contributed by atoms with Crippen LogP contribution in [0.15, 0.2) is 52.1 Å². The van der Waals surface area contributed by atoms with Crippen LogP contribution in [-0.4, -0.2) is 63.9 Å². The Bertz CT molecular complexity index is 1490. The van der Waals surface area contributed by atoms with Crippen LogP contribution >= 0.6 is 0 Å². The number of nitrogens with zero attached hydrogens (tertiary/aromatic N) is 5. The van der Waals surface area contributed by atoms with E-state index in [4.69, 9.17) is 14.2 Å². The van der Waals surface area contributed by atoms with E-state index >= 15 is 0 Å². The van der Waals surface area contributed by atoms with Gasteiger partial charge in [-0.15, -0.1) is 0 Å². The van der Waals surface area contributed by atoms with E-state index in [2.05, 4.69) is 15.2 Å². The van der Waals surface area contributed by atoms with Gasteiger partial charge < -0.3 is 29.0 Å². The summed E-state index contributed by atoms with van der Waals surface area (Å²) in [5, 5.41) is 2.91. The molecule has 0 saturated heterocycles. The van der Waals surface area contributed by atoms with Gasteiger partial charge in [-0.05, 0) is 24.6 Å². The Morgan fingerprint density at radius 3 is 2.38 bits per heavy atom. The van der Waals surface area contributed by atoms with Gasteiger partial charge in [0, 0.05) is 45.5 Å². The first-order valence-corrected chi connectivity index (χ1v) is 11.6. The number of benzene rings is 1. The van der Waals surface area contributed by atoms with Gasteiger partial charge in [-0.25, -0.2) is 9.78 Å². The largest absolute Gasteiger partial charge is 0.493 e. The second-order valence-corrected chi connectivity index (χ2v) is 8.52. The molecular weight excluding hydrogens is 480 g/mol. The maximum atomic E-state index is 12.9. The minimum Gasteiger partial charge on any atom is -0.493 e. The molecule has 0 unspecified atom stereocenters. The van der Waals surface area contributed by atoms with Crippen LogP contribution in [0.2, 0.25) is 0 Å². The number of methoxy groups -OCH3 is 3. The summed E-state index contributed by atoms with van der Waals surface area (Å²) in [6, 6.07) is 3.19. The molecule has 2 aromatic heterocycles. The molecule has 1 N–H and O–H groups in total. The fourth-order valence-corrected chi connectivity index (χ4v) is 4.26. The molecule has 0 atom stereocenters. The summed E-state index contributed by atoms with van der Waals surface area (Å²) >= 11 is 0. The molecule has 12 heteroatoms. The zero-order valence-electron chi connectivity index (χ0n) is 21.5. The Balaban J connectivity index is 1.43. The summed E-state index contributed by atoms with van der Waals surface area (Å²) in [5.41, 5.74) is 0.996. The van der Waals surface area contributed by atoms with Gasteiger partial charge in [-0.1, -0.05) is 6.08 Å². The van der Waals surface area contributed by atoms with Gasteiger partial charge in [0.05, 0.1) is 33.4 Å². The van der Waals surface area contributed by atoms with Crippen molar-refractivity contribution in [2.75, 3.05) is 34.4 Å². The maximum absolute atomic E-state index is 12.9. The van der Waals surface area contributed by atoms with Crippen LogP contribution in [0.5, 0.6) is 17.2 Å².